The number of aliphatic carboxylic acids is 2. The number of nitrogens with zero attached hydrogens (tertiary/aromatic N) is 1. The van der Waals surface area contributed by atoms with E-state index in [1.54, 1.807) is 0 Å². The molecular weight excluding hydrogens is 402 g/mol. The van der Waals surface area contributed by atoms with Crippen LogP contribution in [-0.4, -0.2) is 72.5 Å². The minimum Gasteiger partial charge on any atom is -0.550 e. The lowest BCUT2D eigenvalue weighted by molar-refractivity contribution is -0.873. The number of aliphatic hydroxyl groups excluding tert-OH is 1. The zero-order valence-corrected chi connectivity index (χ0v) is 19.6. The average molecular weight is 446 g/mol. The number of aliphatic hydroxyl groups is 1. The molecule has 182 valence electrons. The smallest absolute Gasteiger partial charge is 0.306 e. The number of quaternary nitrogens is 1. The van der Waals surface area contributed by atoms with Crippen molar-refractivity contribution in [2.75, 3.05) is 27.7 Å². The van der Waals surface area contributed by atoms with Gasteiger partial charge in [0.1, 0.15) is 6.54 Å². The Morgan fingerprint density at radius 1 is 0.839 bits per heavy atom. The molecule has 0 saturated carbocycles. The number of carbonyl (C=O) groups is 3. The summed E-state index contributed by atoms with van der Waals surface area (Å²) in [6.45, 7) is 0.417. The first kappa shape index (κ1) is 29.3. The third kappa shape index (κ3) is 21.4. The van der Waals surface area contributed by atoms with Gasteiger partial charge in [-0.25, -0.2) is 0 Å². The van der Waals surface area contributed by atoms with Crippen LogP contribution in [0.25, 0.3) is 0 Å². The molecule has 0 rings (SSSR count). The van der Waals surface area contributed by atoms with Crippen LogP contribution in [0.4, 0.5) is 0 Å². The summed E-state index contributed by atoms with van der Waals surface area (Å²) in [5.74, 6) is -2.34. The molecular formula is C23H43NO7. The van der Waals surface area contributed by atoms with Crippen LogP contribution >= 0.6 is 0 Å². The zero-order chi connectivity index (χ0) is 23.7. The summed E-state index contributed by atoms with van der Waals surface area (Å²) >= 11 is 0. The van der Waals surface area contributed by atoms with Crippen LogP contribution in [0.5, 0.6) is 0 Å². The fraction of sp³-hybridized carbons (Fsp3) is 0.870. The van der Waals surface area contributed by atoms with E-state index in [-0.39, 0.29) is 31.3 Å². The van der Waals surface area contributed by atoms with E-state index >= 15 is 0 Å². The van der Waals surface area contributed by atoms with Gasteiger partial charge in [0, 0.05) is 25.2 Å². The lowest BCUT2D eigenvalue weighted by Gasteiger charge is -2.29. The second kappa shape index (κ2) is 17.0. The van der Waals surface area contributed by atoms with Crippen molar-refractivity contribution in [2.45, 2.75) is 102 Å². The van der Waals surface area contributed by atoms with E-state index in [1.807, 2.05) is 21.1 Å². The monoisotopic (exact) mass is 445 g/mol. The molecule has 31 heavy (non-hydrogen) atoms. The van der Waals surface area contributed by atoms with Crippen molar-refractivity contribution in [3.63, 3.8) is 0 Å². The van der Waals surface area contributed by atoms with Crippen LogP contribution in [0.3, 0.4) is 0 Å². The second-order valence-corrected chi connectivity index (χ2v) is 9.47. The van der Waals surface area contributed by atoms with E-state index in [1.165, 1.54) is 0 Å². The molecule has 0 amide bonds. The maximum atomic E-state index is 12.0. The van der Waals surface area contributed by atoms with Gasteiger partial charge in [-0.2, -0.15) is 0 Å². The Morgan fingerprint density at radius 2 is 1.32 bits per heavy atom. The Labute approximate surface area is 187 Å². The minimum absolute atomic E-state index is 0.233. The van der Waals surface area contributed by atoms with Crippen LogP contribution in [0.15, 0.2) is 0 Å². The Hall–Kier alpha value is -1.67. The van der Waals surface area contributed by atoms with Gasteiger partial charge in [-0.1, -0.05) is 44.9 Å². The van der Waals surface area contributed by atoms with Crippen molar-refractivity contribution < 1.29 is 38.9 Å². The number of unbranched alkanes of at least 4 members (excludes halogenated alkanes) is 7. The molecule has 0 fully saturated rings. The second-order valence-electron chi connectivity index (χ2n) is 9.47. The minimum atomic E-state index is -1.22. The van der Waals surface area contributed by atoms with Gasteiger partial charge in [-0.3, -0.25) is 9.59 Å². The average Bonchev–Trinajstić information content (AvgIpc) is 2.61. The molecule has 0 heterocycles. The largest absolute Gasteiger partial charge is 0.550 e. The highest BCUT2D eigenvalue weighted by atomic mass is 16.5. The van der Waals surface area contributed by atoms with E-state index in [9.17, 15) is 24.6 Å². The molecule has 0 aliphatic carbocycles. The number of esters is 1. The fourth-order valence-electron chi connectivity index (χ4n) is 3.52. The first-order valence-corrected chi connectivity index (χ1v) is 11.6. The van der Waals surface area contributed by atoms with Crippen molar-refractivity contribution in [1.29, 1.82) is 0 Å². The maximum Gasteiger partial charge on any atom is 0.306 e. The molecule has 0 radical (unpaired) electrons. The predicted molar refractivity (Wildman–Crippen MR) is 116 cm³/mol. The Kier molecular flexibility index (Phi) is 16.0. The quantitative estimate of drug-likeness (QED) is 0.167. The van der Waals surface area contributed by atoms with Crippen LogP contribution in [0.1, 0.15) is 89.9 Å². The lowest BCUT2D eigenvalue weighted by atomic mass is 10.0. The molecule has 8 heteroatoms. The molecule has 2 atom stereocenters. The van der Waals surface area contributed by atoms with E-state index in [2.05, 4.69) is 0 Å². The topological polar surface area (TPSA) is 124 Å². The van der Waals surface area contributed by atoms with E-state index in [0.717, 1.165) is 64.2 Å². The molecule has 0 aromatic carbocycles. The van der Waals surface area contributed by atoms with Gasteiger partial charge in [-0.15, -0.1) is 0 Å². The predicted octanol–water partition coefficient (Wildman–Crippen LogP) is 2.26. The van der Waals surface area contributed by atoms with E-state index in [0.29, 0.717) is 17.4 Å². The molecule has 2 unspecified atom stereocenters. The summed E-state index contributed by atoms with van der Waals surface area (Å²) in [4.78, 5) is 33.3. The highest BCUT2D eigenvalue weighted by molar-refractivity contribution is 5.70. The molecule has 0 aromatic rings. The van der Waals surface area contributed by atoms with Gasteiger partial charge in [-0.05, 0) is 25.7 Å². The van der Waals surface area contributed by atoms with Crippen LogP contribution in [0, 0.1) is 0 Å². The van der Waals surface area contributed by atoms with E-state index in [4.69, 9.17) is 9.84 Å². The number of carboxylic acids is 2. The van der Waals surface area contributed by atoms with Gasteiger partial charge in [0.05, 0.1) is 27.2 Å². The van der Waals surface area contributed by atoms with Crippen LogP contribution in [0.2, 0.25) is 0 Å². The van der Waals surface area contributed by atoms with Gasteiger partial charge in [0.25, 0.3) is 0 Å². The first-order chi connectivity index (χ1) is 14.5. The Balaban J connectivity index is 3.73. The lowest BCUT2D eigenvalue weighted by Crippen LogP contribution is -2.45. The number of ether oxygens (including phenoxy) is 1. The molecule has 0 aliphatic heterocycles. The Morgan fingerprint density at radius 3 is 1.81 bits per heavy atom. The van der Waals surface area contributed by atoms with Crippen molar-refractivity contribution in [3.05, 3.63) is 0 Å². The van der Waals surface area contributed by atoms with Gasteiger partial charge in [0.2, 0.25) is 0 Å². The third-order valence-electron chi connectivity index (χ3n) is 5.04. The molecule has 0 spiro atoms. The molecule has 0 saturated heterocycles. The molecule has 8 nitrogen and oxygen atoms in total. The number of carboxylic acid groups (broad SMARTS) is 2. The summed E-state index contributed by atoms with van der Waals surface area (Å²) in [6, 6.07) is 0. The van der Waals surface area contributed by atoms with Gasteiger partial charge >= 0.3 is 11.9 Å². The zero-order valence-electron chi connectivity index (χ0n) is 19.6. The number of rotatable bonds is 20. The SMILES string of the molecule is C[N+](C)(C)CC(CC(=O)[O-])OC(=O)CCCCCCC(O)CCCCCCCC(=O)O. The molecule has 0 aromatic heterocycles. The Bertz CT molecular complexity index is 517. The number of likely N-dealkylation sites (N-methyl/N-ethyl adjacent to an activating group) is 1. The number of hydrogen-bond acceptors (Lipinski definition) is 6. The molecule has 0 bridgehead atoms. The normalized spacial score (nSPS) is 13.5. The first-order valence-electron chi connectivity index (χ1n) is 11.6. The van der Waals surface area contributed by atoms with Crippen molar-refractivity contribution in [2.24, 2.45) is 0 Å². The van der Waals surface area contributed by atoms with E-state index < -0.39 is 18.0 Å². The summed E-state index contributed by atoms with van der Waals surface area (Å²) in [6.07, 6.45) is 8.79. The number of hydrogen-bond donors (Lipinski definition) is 2. The molecule has 0 aliphatic rings. The van der Waals surface area contributed by atoms with Crippen molar-refractivity contribution in [1.82, 2.24) is 0 Å². The van der Waals surface area contributed by atoms with Gasteiger partial charge in [0.15, 0.2) is 6.10 Å². The highest BCUT2D eigenvalue weighted by Crippen LogP contribution is 2.14. The van der Waals surface area contributed by atoms with Crippen LogP contribution < -0.4 is 5.11 Å². The standard InChI is InChI=1S/C23H43NO7/c1-24(2,3)18-20(17-22(28)29)31-23(30)16-12-8-7-10-14-19(25)13-9-5-4-6-11-15-21(26)27/h19-20,25H,4-18H2,1-3H3,(H-,26,27,28,29). The fourth-order valence-corrected chi connectivity index (χ4v) is 3.52. The third-order valence-corrected chi connectivity index (χ3v) is 5.04. The number of carbonyl (C=O) groups excluding carboxylic acids is 2. The summed E-state index contributed by atoms with van der Waals surface area (Å²) in [5.41, 5.74) is 0. The van der Waals surface area contributed by atoms with Crippen molar-refractivity contribution in [3.8, 4) is 0 Å². The summed E-state index contributed by atoms with van der Waals surface area (Å²) in [7, 11) is 5.73. The summed E-state index contributed by atoms with van der Waals surface area (Å²) < 4.78 is 5.83. The highest BCUT2D eigenvalue weighted by Gasteiger charge is 2.22. The summed E-state index contributed by atoms with van der Waals surface area (Å²) in [5, 5.41) is 29.5. The van der Waals surface area contributed by atoms with Crippen LogP contribution in [-0.2, 0) is 19.1 Å². The van der Waals surface area contributed by atoms with Gasteiger partial charge < -0.3 is 29.3 Å². The van der Waals surface area contributed by atoms with Crippen molar-refractivity contribution >= 4 is 17.9 Å². The maximum absolute atomic E-state index is 12.0. The molecule has 2 N–H and O–H groups in total.